The third-order valence-electron chi connectivity index (χ3n) is 1.47. The van der Waals surface area contributed by atoms with Gasteiger partial charge in [0.05, 0.1) is 0 Å². The molecule has 0 bridgehead atoms. The number of rotatable bonds is 1. The molecule has 0 heterocycles. The second-order valence-corrected chi connectivity index (χ2v) is 2.20. The highest BCUT2D eigenvalue weighted by Crippen LogP contribution is 1.71. The third kappa shape index (κ3) is 3.61. The number of hydrogen-bond acceptors (Lipinski definition) is 1. The van der Waals surface area contributed by atoms with Crippen molar-refractivity contribution >= 4 is 12.3 Å². The minimum Gasteiger partial charge on any atom is -0.404 e. The summed E-state index contributed by atoms with van der Waals surface area (Å²) in [6.07, 6.45) is 5.27. The quantitative estimate of drug-likeness (QED) is 0.685. The highest BCUT2D eigenvalue weighted by Gasteiger charge is 1.78. The second kappa shape index (κ2) is 7.17. The highest BCUT2D eigenvalue weighted by molar-refractivity contribution is 5.37. The van der Waals surface area contributed by atoms with Gasteiger partial charge in [-0.3, -0.25) is 0 Å². The van der Waals surface area contributed by atoms with Crippen LogP contribution in [0.4, 0.5) is 0 Å². The first-order valence-electron chi connectivity index (χ1n) is 4.48. The smallest absolute Gasteiger partial charge is 0.00175 e. The van der Waals surface area contributed by atoms with Gasteiger partial charge >= 0.3 is 0 Å². The minimum absolute atomic E-state index is 1.03. The molecule has 1 aromatic carbocycles. The summed E-state index contributed by atoms with van der Waals surface area (Å²) in [4.78, 5) is 0. The lowest BCUT2D eigenvalue weighted by atomic mass is 10.2. The largest absolute Gasteiger partial charge is 0.404 e. The molecule has 1 rings (SSSR count). The summed E-state index contributed by atoms with van der Waals surface area (Å²) in [5.74, 6) is 0. The van der Waals surface area contributed by atoms with Crippen molar-refractivity contribution in [2.24, 2.45) is 5.73 Å². The van der Waals surface area contributed by atoms with E-state index in [0.29, 0.717) is 0 Å². The Morgan fingerprint density at radius 3 is 2.15 bits per heavy atom. The third-order valence-corrected chi connectivity index (χ3v) is 1.47. The molecule has 0 aliphatic rings. The van der Waals surface area contributed by atoms with Crippen molar-refractivity contribution in [3.8, 4) is 0 Å². The van der Waals surface area contributed by atoms with E-state index in [-0.39, 0.29) is 0 Å². The first-order chi connectivity index (χ1) is 6.38. The molecule has 2 N–H and O–H groups in total. The fourth-order valence-corrected chi connectivity index (χ4v) is 0.941. The van der Waals surface area contributed by atoms with Gasteiger partial charge in [-0.05, 0) is 10.4 Å². The molecular weight excluding hydrogens is 158 g/mol. The SMILES string of the molecule is C=C/C=c1/cccc/c1=C/N.CC. The van der Waals surface area contributed by atoms with Crippen molar-refractivity contribution in [1.82, 2.24) is 0 Å². The standard InChI is InChI=1S/C10H11N.C2H6/c1-2-5-9-6-3-4-7-10(9)8-11;1-2/h2-8H,1,11H2;1-2H3/b9-5-,10-8-;. The maximum absolute atomic E-state index is 5.40. The van der Waals surface area contributed by atoms with E-state index in [0.717, 1.165) is 10.4 Å². The molecule has 0 amide bonds. The van der Waals surface area contributed by atoms with E-state index in [9.17, 15) is 0 Å². The Balaban J connectivity index is 0.000000671. The van der Waals surface area contributed by atoms with Crippen LogP contribution in [0.25, 0.3) is 12.3 Å². The Morgan fingerprint density at radius 1 is 1.15 bits per heavy atom. The molecule has 0 spiro atoms. The van der Waals surface area contributed by atoms with Crippen LogP contribution in [0.15, 0.2) is 36.9 Å². The summed E-state index contributed by atoms with van der Waals surface area (Å²) in [6.45, 7) is 7.62. The zero-order chi connectivity index (χ0) is 10.1. The van der Waals surface area contributed by atoms with Gasteiger partial charge in [0, 0.05) is 6.20 Å². The van der Waals surface area contributed by atoms with Gasteiger partial charge in [-0.1, -0.05) is 56.8 Å². The summed E-state index contributed by atoms with van der Waals surface area (Å²) in [5.41, 5.74) is 5.40. The summed E-state index contributed by atoms with van der Waals surface area (Å²) in [6, 6.07) is 7.90. The van der Waals surface area contributed by atoms with Crippen LogP contribution in [0.3, 0.4) is 0 Å². The number of hydrogen-bond donors (Lipinski definition) is 1. The van der Waals surface area contributed by atoms with Crippen molar-refractivity contribution in [3.63, 3.8) is 0 Å². The maximum Gasteiger partial charge on any atom is 0.00175 e. The first-order valence-corrected chi connectivity index (χ1v) is 4.48. The van der Waals surface area contributed by atoms with E-state index in [1.54, 1.807) is 12.3 Å². The van der Waals surface area contributed by atoms with Crippen LogP contribution in [-0.2, 0) is 0 Å². The Kier molecular flexibility index (Phi) is 6.34. The van der Waals surface area contributed by atoms with Gasteiger partial charge in [0.1, 0.15) is 0 Å². The molecule has 0 saturated heterocycles. The Hall–Kier alpha value is -1.50. The Labute approximate surface area is 79.9 Å². The van der Waals surface area contributed by atoms with Crippen molar-refractivity contribution in [3.05, 3.63) is 47.4 Å². The van der Waals surface area contributed by atoms with Crippen LogP contribution < -0.4 is 16.2 Å². The Bertz CT molecular complexity index is 350. The molecule has 1 aromatic rings. The molecule has 13 heavy (non-hydrogen) atoms. The van der Waals surface area contributed by atoms with Gasteiger partial charge in [-0.15, -0.1) is 0 Å². The average Bonchev–Trinajstić information content (AvgIpc) is 2.22. The maximum atomic E-state index is 5.40. The molecule has 70 valence electrons. The van der Waals surface area contributed by atoms with Crippen LogP contribution in [0.1, 0.15) is 13.8 Å². The predicted octanol–water partition coefficient (Wildman–Crippen LogP) is 1.38. The van der Waals surface area contributed by atoms with Crippen molar-refractivity contribution in [2.75, 3.05) is 0 Å². The molecule has 0 aliphatic heterocycles. The van der Waals surface area contributed by atoms with Crippen molar-refractivity contribution < 1.29 is 0 Å². The normalized spacial score (nSPS) is 11.8. The molecule has 1 heteroatoms. The van der Waals surface area contributed by atoms with E-state index >= 15 is 0 Å². The molecule has 0 aromatic heterocycles. The molecule has 0 saturated carbocycles. The molecule has 0 unspecified atom stereocenters. The van der Waals surface area contributed by atoms with E-state index in [1.165, 1.54) is 0 Å². The Morgan fingerprint density at radius 2 is 1.69 bits per heavy atom. The van der Waals surface area contributed by atoms with Crippen molar-refractivity contribution in [2.45, 2.75) is 13.8 Å². The molecule has 0 aliphatic carbocycles. The van der Waals surface area contributed by atoms with Crippen molar-refractivity contribution in [1.29, 1.82) is 0 Å². The fraction of sp³-hybridized carbons (Fsp3) is 0.167. The summed E-state index contributed by atoms with van der Waals surface area (Å²) >= 11 is 0. The lowest BCUT2D eigenvalue weighted by Gasteiger charge is -1.85. The van der Waals surface area contributed by atoms with E-state index in [4.69, 9.17) is 5.73 Å². The van der Waals surface area contributed by atoms with Crippen LogP contribution in [0, 0.1) is 0 Å². The van der Waals surface area contributed by atoms with Crippen LogP contribution in [0.5, 0.6) is 0 Å². The minimum atomic E-state index is 1.03. The zero-order valence-corrected chi connectivity index (χ0v) is 8.33. The fourth-order valence-electron chi connectivity index (χ4n) is 0.941. The van der Waals surface area contributed by atoms with Crippen LogP contribution in [0.2, 0.25) is 0 Å². The molecule has 0 radical (unpaired) electrons. The van der Waals surface area contributed by atoms with Crippen LogP contribution >= 0.6 is 0 Å². The van der Waals surface area contributed by atoms with E-state index < -0.39 is 0 Å². The topological polar surface area (TPSA) is 26.0 Å². The summed E-state index contributed by atoms with van der Waals surface area (Å²) < 4.78 is 0. The predicted molar refractivity (Wildman–Crippen MR) is 60.4 cm³/mol. The number of nitrogens with two attached hydrogens (primary N) is 1. The van der Waals surface area contributed by atoms with E-state index in [2.05, 4.69) is 6.58 Å². The van der Waals surface area contributed by atoms with Gasteiger partial charge in [-0.2, -0.15) is 0 Å². The summed E-state index contributed by atoms with van der Waals surface area (Å²) in [5, 5.41) is 2.14. The molecular formula is C12H17N. The lowest BCUT2D eigenvalue weighted by molar-refractivity contribution is 1.49. The molecule has 0 atom stereocenters. The monoisotopic (exact) mass is 175 g/mol. The average molecular weight is 175 g/mol. The van der Waals surface area contributed by atoms with Gasteiger partial charge in [-0.25, -0.2) is 0 Å². The first kappa shape index (κ1) is 11.5. The van der Waals surface area contributed by atoms with E-state index in [1.807, 2.05) is 44.2 Å². The van der Waals surface area contributed by atoms with Gasteiger partial charge in [0.2, 0.25) is 0 Å². The van der Waals surface area contributed by atoms with Gasteiger partial charge in [0.15, 0.2) is 0 Å². The highest BCUT2D eigenvalue weighted by atomic mass is 14.5. The molecule has 1 nitrogen and oxygen atoms in total. The lowest BCUT2D eigenvalue weighted by Crippen LogP contribution is -2.24. The van der Waals surface area contributed by atoms with Crippen LogP contribution in [-0.4, -0.2) is 0 Å². The van der Waals surface area contributed by atoms with Gasteiger partial charge < -0.3 is 5.73 Å². The second-order valence-electron chi connectivity index (χ2n) is 2.20. The zero-order valence-electron chi connectivity index (χ0n) is 8.33. The number of benzene rings is 1. The number of allylic oxidation sites excluding steroid dienone is 1. The van der Waals surface area contributed by atoms with Gasteiger partial charge in [0.25, 0.3) is 0 Å². The summed E-state index contributed by atoms with van der Waals surface area (Å²) in [7, 11) is 0. The molecule has 0 fully saturated rings.